The molecule has 0 saturated carbocycles. The molecule has 0 unspecified atom stereocenters. The minimum atomic E-state index is -3.55. The van der Waals surface area contributed by atoms with Crippen LogP contribution in [0.5, 0.6) is 0 Å². The van der Waals surface area contributed by atoms with Crippen LogP contribution in [0, 0.1) is 5.41 Å². The van der Waals surface area contributed by atoms with E-state index in [1.165, 1.54) is 7.05 Å². The zero-order valence-corrected chi connectivity index (χ0v) is 11.2. The van der Waals surface area contributed by atoms with E-state index in [-0.39, 0.29) is 17.4 Å². The molecule has 0 fully saturated rings. The third kappa shape index (κ3) is 5.38. The van der Waals surface area contributed by atoms with Crippen molar-refractivity contribution in [2.24, 2.45) is 11.1 Å². The van der Waals surface area contributed by atoms with Crippen LogP contribution >= 0.6 is 12.2 Å². The lowest BCUT2D eigenvalue weighted by Gasteiger charge is -2.22. The molecule has 0 aromatic carbocycles. The predicted molar refractivity (Wildman–Crippen MR) is 66.4 cm³/mol. The van der Waals surface area contributed by atoms with Gasteiger partial charge in [-0.2, -0.15) is 0 Å². The smallest absolute Gasteiger partial charge is 0.226 e. The van der Waals surface area contributed by atoms with Crippen molar-refractivity contribution in [2.75, 3.05) is 19.3 Å². The van der Waals surface area contributed by atoms with Gasteiger partial charge in [-0.3, -0.25) is 4.79 Å². The van der Waals surface area contributed by atoms with Gasteiger partial charge < -0.3 is 11.1 Å². The molecule has 6 nitrogen and oxygen atoms in total. The first-order valence-electron chi connectivity index (χ1n) is 4.58. The van der Waals surface area contributed by atoms with Crippen LogP contribution in [0.4, 0.5) is 0 Å². The number of amides is 1. The second-order valence-electron chi connectivity index (χ2n) is 4.01. The quantitative estimate of drug-likeness (QED) is 0.534. The second-order valence-corrected chi connectivity index (χ2v) is 6.34. The van der Waals surface area contributed by atoms with Crippen LogP contribution < -0.4 is 15.8 Å². The number of carbonyl (C=O) groups excluding carboxylic acids is 1. The number of sulfonamides is 1. The van der Waals surface area contributed by atoms with Gasteiger partial charge >= 0.3 is 0 Å². The van der Waals surface area contributed by atoms with E-state index in [9.17, 15) is 13.2 Å². The monoisotopic (exact) mass is 267 g/mol. The Bertz CT molecular complexity index is 376. The molecule has 0 bridgehead atoms. The van der Waals surface area contributed by atoms with E-state index >= 15 is 0 Å². The Morgan fingerprint density at radius 3 is 2.31 bits per heavy atom. The molecule has 16 heavy (non-hydrogen) atoms. The van der Waals surface area contributed by atoms with Crippen LogP contribution in [-0.4, -0.2) is 38.7 Å². The molecule has 0 atom stereocenters. The van der Waals surface area contributed by atoms with E-state index in [1.54, 1.807) is 13.8 Å². The van der Waals surface area contributed by atoms with Gasteiger partial charge in [0.25, 0.3) is 0 Å². The largest absolute Gasteiger partial charge is 0.392 e. The molecular weight excluding hydrogens is 250 g/mol. The van der Waals surface area contributed by atoms with Crippen LogP contribution in [-0.2, 0) is 14.8 Å². The first-order chi connectivity index (χ1) is 7.10. The van der Waals surface area contributed by atoms with Crippen molar-refractivity contribution in [3.05, 3.63) is 0 Å². The van der Waals surface area contributed by atoms with Gasteiger partial charge in [-0.05, 0) is 13.8 Å². The van der Waals surface area contributed by atoms with Gasteiger partial charge in [0, 0.05) is 13.6 Å². The van der Waals surface area contributed by atoms with Gasteiger partial charge in [-0.15, -0.1) is 0 Å². The van der Waals surface area contributed by atoms with E-state index < -0.39 is 21.2 Å². The second kappa shape index (κ2) is 5.55. The van der Waals surface area contributed by atoms with Crippen LogP contribution in [0.3, 0.4) is 0 Å². The van der Waals surface area contributed by atoms with Crippen molar-refractivity contribution in [1.29, 1.82) is 0 Å². The lowest BCUT2D eigenvalue weighted by molar-refractivity contribution is -0.128. The molecule has 0 radical (unpaired) electrons. The van der Waals surface area contributed by atoms with E-state index in [0.717, 1.165) is 0 Å². The van der Waals surface area contributed by atoms with Crippen LogP contribution in [0.25, 0.3) is 0 Å². The van der Waals surface area contributed by atoms with Crippen molar-refractivity contribution in [1.82, 2.24) is 10.0 Å². The van der Waals surface area contributed by atoms with Gasteiger partial charge in [0.15, 0.2) is 0 Å². The zero-order valence-electron chi connectivity index (χ0n) is 9.53. The summed E-state index contributed by atoms with van der Waals surface area (Å²) in [6, 6.07) is 0. The fourth-order valence-electron chi connectivity index (χ4n) is 0.947. The highest BCUT2D eigenvalue weighted by Crippen LogP contribution is 2.13. The molecule has 0 rings (SSSR count). The molecule has 4 N–H and O–H groups in total. The Kier molecular flexibility index (Phi) is 5.30. The molecule has 8 heteroatoms. The predicted octanol–water partition coefficient (Wildman–Crippen LogP) is -1.04. The molecule has 0 aromatic rings. The average molecular weight is 267 g/mol. The topological polar surface area (TPSA) is 101 Å². The highest BCUT2D eigenvalue weighted by Gasteiger charge is 2.28. The summed E-state index contributed by atoms with van der Waals surface area (Å²) in [4.78, 5) is 11.3. The summed E-state index contributed by atoms with van der Waals surface area (Å²) in [6.07, 6.45) is 0. The molecule has 0 aliphatic carbocycles. The van der Waals surface area contributed by atoms with Crippen molar-refractivity contribution in [3.8, 4) is 0 Å². The van der Waals surface area contributed by atoms with Crippen molar-refractivity contribution in [2.45, 2.75) is 13.8 Å². The summed E-state index contributed by atoms with van der Waals surface area (Å²) < 4.78 is 25.1. The number of rotatable bonds is 6. The number of hydrogen-bond donors (Lipinski definition) is 3. The summed E-state index contributed by atoms with van der Waals surface area (Å²) in [5.74, 6) is -0.655. The molecule has 0 aliphatic rings. The maximum absolute atomic E-state index is 11.4. The van der Waals surface area contributed by atoms with Gasteiger partial charge in [-0.1, -0.05) is 12.2 Å². The minimum Gasteiger partial charge on any atom is -0.392 e. The molecule has 94 valence electrons. The maximum atomic E-state index is 11.4. The summed E-state index contributed by atoms with van der Waals surface area (Å²) in [5, 5.41) is 2.46. The number of hydrogen-bond acceptors (Lipinski definition) is 4. The van der Waals surface area contributed by atoms with Gasteiger partial charge in [0.1, 0.15) is 5.75 Å². The highest BCUT2D eigenvalue weighted by molar-refractivity contribution is 7.92. The Balaban J connectivity index is 4.45. The lowest BCUT2D eigenvalue weighted by atomic mass is 9.93. The molecule has 0 aromatic heterocycles. The number of thiocarbonyl (C=S) groups is 1. The fourth-order valence-corrected chi connectivity index (χ4v) is 2.47. The first kappa shape index (κ1) is 15.3. The Morgan fingerprint density at radius 1 is 1.44 bits per heavy atom. The molecule has 0 saturated heterocycles. The van der Waals surface area contributed by atoms with E-state index in [4.69, 9.17) is 5.73 Å². The summed E-state index contributed by atoms with van der Waals surface area (Å²) in [5.41, 5.74) is 4.32. The van der Waals surface area contributed by atoms with Crippen LogP contribution in [0.2, 0.25) is 0 Å². The van der Waals surface area contributed by atoms with Gasteiger partial charge in [0.2, 0.25) is 15.9 Å². The SMILES string of the molecule is CNC(=O)C(C)(C)CNS(=O)(=O)CC(N)=S. The maximum Gasteiger partial charge on any atom is 0.226 e. The summed E-state index contributed by atoms with van der Waals surface area (Å²) in [6.45, 7) is 3.27. The molecular formula is C8H17N3O3S2. The third-order valence-corrected chi connectivity index (χ3v) is 3.51. The minimum absolute atomic E-state index is 0.00236. The van der Waals surface area contributed by atoms with E-state index in [0.29, 0.717) is 0 Å². The lowest BCUT2D eigenvalue weighted by Crippen LogP contribution is -2.45. The average Bonchev–Trinajstić information content (AvgIpc) is 2.12. The van der Waals surface area contributed by atoms with Crippen molar-refractivity contribution in [3.63, 3.8) is 0 Å². The third-order valence-electron chi connectivity index (χ3n) is 1.91. The number of nitrogens with two attached hydrogens (primary N) is 1. The Morgan fingerprint density at radius 2 is 1.94 bits per heavy atom. The number of carbonyl (C=O) groups is 1. The zero-order chi connectivity index (χ0) is 13.0. The van der Waals surface area contributed by atoms with Crippen molar-refractivity contribution >= 4 is 33.1 Å². The van der Waals surface area contributed by atoms with Crippen LogP contribution in [0.15, 0.2) is 0 Å². The summed E-state index contributed by atoms with van der Waals surface area (Å²) in [7, 11) is -2.06. The normalized spacial score (nSPS) is 12.2. The van der Waals surface area contributed by atoms with E-state index in [1.807, 2.05) is 0 Å². The molecule has 0 spiro atoms. The first-order valence-corrected chi connectivity index (χ1v) is 6.64. The number of nitrogens with one attached hydrogen (secondary N) is 2. The Labute approximate surface area is 101 Å². The fraction of sp³-hybridized carbons (Fsp3) is 0.750. The van der Waals surface area contributed by atoms with Gasteiger partial charge in [0.05, 0.1) is 10.4 Å². The van der Waals surface area contributed by atoms with Crippen molar-refractivity contribution < 1.29 is 13.2 Å². The van der Waals surface area contributed by atoms with Crippen LogP contribution in [0.1, 0.15) is 13.8 Å². The standard InChI is InChI=1S/C8H17N3O3S2/c1-8(2,7(12)10-3)5-11-16(13,14)4-6(9)15/h11H,4-5H2,1-3H3,(H2,9,15)(H,10,12). The van der Waals surface area contributed by atoms with Gasteiger partial charge in [-0.25, -0.2) is 13.1 Å². The molecule has 0 heterocycles. The Hall–Kier alpha value is -0.730. The molecule has 0 aliphatic heterocycles. The molecule has 1 amide bonds. The van der Waals surface area contributed by atoms with E-state index in [2.05, 4.69) is 22.3 Å². The summed E-state index contributed by atoms with van der Waals surface area (Å²) >= 11 is 4.51. The highest BCUT2D eigenvalue weighted by atomic mass is 32.2.